The molecule has 0 spiro atoms. The Bertz CT molecular complexity index is 658. The molecule has 1 atom stereocenters. The summed E-state index contributed by atoms with van der Waals surface area (Å²) in [6, 6.07) is 6.40. The lowest BCUT2D eigenvalue weighted by atomic mass is 10.0. The molecular formula is C16H23N3O2. The van der Waals surface area contributed by atoms with Gasteiger partial charge in [0.05, 0.1) is 13.7 Å². The lowest BCUT2D eigenvalue weighted by molar-refractivity contribution is 0.407. The quantitative estimate of drug-likeness (QED) is 0.884. The van der Waals surface area contributed by atoms with Gasteiger partial charge in [-0.1, -0.05) is 13.0 Å². The minimum Gasteiger partial charge on any atom is -0.496 e. The van der Waals surface area contributed by atoms with E-state index in [1.54, 1.807) is 35.7 Å². The van der Waals surface area contributed by atoms with Crippen molar-refractivity contribution in [2.45, 2.75) is 26.4 Å². The highest BCUT2D eigenvalue weighted by atomic mass is 16.5. The molecule has 0 bridgehead atoms. The molecule has 1 heterocycles. The lowest BCUT2D eigenvalue weighted by Gasteiger charge is -2.16. The smallest absolute Gasteiger partial charge is 0.328 e. The van der Waals surface area contributed by atoms with Crippen molar-refractivity contribution in [3.05, 3.63) is 52.2 Å². The topological polar surface area (TPSA) is 48.2 Å². The molecule has 0 aliphatic heterocycles. The number of ether oxygens (including phenoxy) is 1. The summed E-state index contributed by atoms with van der Waals surface area (Å²) in [6.07, 6.45) is 3.56. The zero-order valence-electron chi connectivity index (χ0n) is 13.1. The summed E-state index contributed by atoms with van der Waals surface area (Å²) in [4.78, 5) is 12.0. The van der Waals surface area contributed by atoms with E-state index in [1.165, 1.54) is 5.56 Å². The normalized spacial score (nSPS) is 12.4. The molecule has 1 aromatic heterocycles. The summed E-state index contributed by atoms with van der Waals surface area (Å²) < 4.78 is 8.66. The van der Waals surface area contributed by atoms with Gasteiger partial charge in [-0.25, -0.2) is 4.79 Å². The number of nitrogens with zero attached hydrogens (tertiary/aromatic N) is 2. The molecule has 2 aromatic rings. The SMILES string of the molecule is CCNC(C)c1ccc(OC)c(Cn2ccn(C)c2=O)c1. The fourth-order valence-electron chi connectivity index (χ4n) is 2.43. The molecule has 21 heavy (non-hydrogen) atoms. The van der Waals surface area contributed by atoms with Crippen LogP contribution >= 0.6 is 0 Å². The largest absolute Gasteiger partial charge is 0.496 e. The number of imidazole rings is 1. The van der Waals surface area contributed by atoms with E-state index in [9.17, 15) is 4.79 Å². The first-order chi connectivity index (χ1) is 10.1. The molecular weight excluding hydrogens is 266 g/mol. The van der Waals surface area contributed by atoms with Crippen LogP contribution in [0, 0.1) is 0 Å². The molecule has 114 valence electrons. The summed E-state index contributed by atoms with van der Waals surface area (Å²) in [7, 11) is 3.40. The van der Waals surface area contributed by atoms with Crippen molar-refractivity contribution >= 4 is 0 Å². The molecule has 1 N–H and O–H groups in total. The Morgan fingerprint density at radius 1 is 1.33 bits per heavy atom. The third kappa shape index (κ3) is 3.36. The van der Waals surface area contributed by atoms with Crippen LogP contribution in [0.3, 0.4) is 0 Å². The Morgan fingerprint density at radius 2 is 2.10 bits per heavy atom. The zero-order valence-corrected chi connectivity index (χ0v) is 13.1. The molecule has 0 amide bonds. The van der Waals surface area contributed by atoms with Crippen molar-refractivity contribution in [1.82, 2.24) is 14.5 Å². The van der Waals surface area contributed by atoms with Crippen molar-refractivity contribution in [1.29, 1.82) is 0 Å². The maximum atomic E-state index is 12.0. The average molecular weight is 289 g/mol. The Hall–Kier alpha value is -2.01. The Labute approximate surface area is 125 Å². The van der Waals surface area contributed by atoms with E-state index in [0.717, 1.165) is 17.9 Å². The van der Waals surface area contributed by atoms with Gasteiger partial charge in [-0.15, -0.1) is 0 Å². The molecule has 1 aromatic carbocycles. The number of aryl methyl sites for hydroxylation is 1. The maximum Gasteiger partial charge on any atom is 0.328 e. The van der Waals surface area contributed by atoms with E-state index in [4.69, 9.17) is 4.74 Å². The summed E-state index contributed by atoms with van der Waals surface area (Å²) >= 11 is 0. The highest BCUT2D eigenvalue weighted by Gasteiger charge is 2.11. The molecule has 0 fully saturated rings. The molecule has 0 saturated heterocycles. The zero-order chi connectivity index (χ0) is 15.4. The fraction of sp³-hybridized carbons (Fsp3) is 0.438. The molecule has 1 unspecified atom stereocenters. The predicted octanol–water partition coefficient (Wildman–Crippen LogP) is 1.91. The second kappa shape index (κ2) is 6.63. The van der Waals surface area contributed by atoms with E-state index in [0.29, 0.717) is 6.54 Å². The monoisotopic (exact) mass is 289 g/mol. The van der Waals surface area contributed by atoms with Crippen LogP contribution in [0.15, 0.2) is 35.4 Å². The third-order valence-electron chi connectivity index (χ3n) is 3.67. The van der Waals surface area contributed by atoms with Gasteiger partial charge in [0.1, 0.15) is 5.75 Å². The molecule has 0 aliphatic carbocycles. The minimum absolute atomic E-state index is 0.0258. The van der Waals surface area contributed by atoms with Crippen LogP contribution in [0.25, 0.3) is 0 Å². The number of methoxy groups -OCH3 is 1. The van der Waals surface area contributed by atoms with Crippen LogP contribution in [0.1, 0.15) is 31.0 Å². The summed E-state index contributed by atoms with van der Waals surface area (Å²) in [5.74, 6) is 0.804. The number of rotatable bonds is 6. The molecule has 5 nitrogen and oxygen atoms in total. The van der Waals surface area contributed by atoms with Gasteiger partial charge in [-0.2, -0.15) is 0 Å². The standard InChI is InChI=1S/C16H23N3O2/c1-5-17-12(2)13-6-7-15(21-4)14(10-13)11-19-9-8-18(3)16(19)20/h6-10,12,17H,5,11H2,1-4H3. The maximum absolute atomic E-state index is 12.0. The first-order valence-electron chi connectivity index (χ1n) is 7.18. The first-order valence-corrected chi connectivity index (χ1v) is 7.18. The lowest BCUT2D eigenvalue weighted by Crippen LogP contribution is -2.23. The highest BCUT2D eigenvalue weighted by molar-refractivity contribution is 5.38. The fourth-order valence-corrected chi connectivity index (χ4v) is 2.43. The van der Waals surface area contributed by atoms with Gasteiger partial charge in [0.15, 0.2) is 0 Å². The first kappa shape index (κ1) is 15.4. The average Bonchev–Trinajstić information content (AvgIpc) is 2.79. The number of aromatic nitrogens is 2. The Balaban J connectivity index is 2.34. The van der Waals surface area contributed by atoms with Gasteiger partial charge in [0, 0.05) is 31.0 Å². The van der Waals surface area contributed by atoms with E-state index in [2.05, 4.69) is 31.3 Å². The summed E-state index contributed by atoms with van der Waals surface area (Å²) in [5.41, 5.74) is 2.17. The predicted molar refractivity (Wildman–Crippen MR) is 83.9 cm³/mol. The molecule has 0 saturated carbocycles. The third-order valence-corrected chi connectivity index (χ3v) is 3.67. The second-order valence-electron chi connectivity index (χ2n) is 5.17. The molecule has 0 radical (unpaired) electrons. The van der Waals surface area contributed by atoms with Gasteiger partial charge in [-0.05, 0) is 31.2 Å². The van der Waals surface area contributed by atoms with Crippen molar-refractivity contribution in [3.8, 4) is 5.75 Å². The van der Waals surface area contributed by atoms with E-state index >= 15 is 0 Å². The van der Waals surface area contributed by atoms with Gasteiger partial charge >= 0.3 is 5.69 Å². The van der Waals surface area contributed by atoms with Gasteiger partial charge < -0.3 is 14.6 Å². The number of hydrogen-bond donors (Lipinski definition) is 1. The highest BCUT2D eigenvalue weighted by Crippen LogP contribution is 2.24. The van der Waals surface area contributed by atoms with Crippen LogP contribution in [-0.4, -0.2) is 22.8 Å². The van der Waals surface area contributed by atoms with Crippen LogP contribution in [0.2, 0.25) is 0 Å². The van der Waals surface area contributed by atoms with Gasteiger partial charge in [0.2, 0.25) is 0 Å². The van der Waals surface area contributed by atoms with Crippen molar-refractivity contribution in [3.63, 3.8) is 0 Å². The van der Waals surface area contributed by atoms with Gasteiger partial charge in [-0.3, -0.25) is 4.57 Å². The number of hydrogen-bond acceptors (Lipinski definition) is 3. The van der Waals surface area contributed by atoms with Crippen molar-refractivity contribution in [2.24, 2.45) is 7.05 Å². The van der Waals surface area contributed by atoms with E-state index in [-0.39, 0.29) is 11.7 Å². The van der Waals surface area contributed by atoms with Crippen LogP contribution in [0.5, 0.6) is 5.75 Å². The molecule has 0 aliphatic rings. The molecule has 2 rings (SSSR count). The van der Waals surface area contributed by atoms with Crippen molar-refractivity contribution in [2.75, 3.05) is 13.7 Å². The Morgan fingerprint density at radius 3 is 2.67 bits per heavy atom. The Kier molecular flexibility index (Phi) is 4.85. The van der Waals surface area contributed by atoms with Gasteiger partial charge in [0.25, 0.3) is 0 Å². The van der Waals surface area contributed by atoms with E-state index < -0.39 is 0 Å². The second-order valence-corrected chi connectivity index (χ2v) is 5.17. The van der Waals surface area contributed by atoms with Crippen LogP contribution in [0.4, 0.5) is 0 Å². The van der Waals surface area contributed by atoms with E-state index in [1.807, 2.05) is 6.07 Å². The van der Waals surface area contributed by atoms with Crippen LogP contribution < -0.4 is 15.7 Å². The van der Waals surface area contributed by atoms with Crippen molar-refractivity contribution < 1.29 is 4.74 Å². The minimum atomic E-state index is -0.0258. The van der Waals surface area contributed by atoms with Crippen LogP contribution in [-0.2, 0) is 13.6 Å². The molecule has 5 heteroatoms. The number of nitrogens with one attached hydrogen (secondary N) is 1. The summed E-state index contributed by atoms with van der Waals surface area (Å²) in [5, 5.41) is 3.39. The number of benzene rings is 1. The summed E-state index contributed by atoms with van der Waals surface area (Å²) in [6.45, 7) is 5.64.